The molecule has 0 spiro atoms. The van der Waals surface area contributed by atoms with E-state index in [-0.39, 0.29) is 6.61 Å². The third kappa shape index (κ3) is 3.20. The van der Waals surface area contributed by atoms with E-state index >= 15 is 0 Å². The first-order valence-electron chi connectivity index (χ1n) is 6.13. The summed E-state index contributed by atoms with van der Waals surface area (Å²) < 4.78 is 15.7. The number of hydrogen-bond donors (Lipinski definition) is 1. The van der Waals surface area contributed by atoms with Crippen molar-refractivity contribution in [1.82, 2.24) is 10.3 Å². The van der Waals surface area contributed by atoms with Crippen molar-refractivity contribution in [2.24, 2.45) is 5.73 Å². The molecule has 0 aliphatic carbocycles. The van der Waals surface area contributed by atoms with Gasteiger partial charge in [-0.15, -0.1) is 0 Å². The van der Waals surface area contributed by atoms with E-state index in [1.807, 2.05) is 6.07 Å². The van der Waals surface area contributed by atoms with Crippen molar-refractivity contribution < 1.29 is 14.1 Å². The summed E-state index contributed by atoms with van der Waals surface area (Å²) in [5.41, 5.74) is 7.84. The largest absolute Gasteiger partial charge is 0.493 e. The summed E-state index contributed by atoms with van der Waals surface area (Å²) in [6, 6.07) is 3.52. The molecule has 7 heteroatoms. The maximum Gasteiger partial charge on any atom is 0.165 e. The molecule has 0 amide bonds. The van der Waals surface area contributed by atoms with E-state index in [2.05, 4.69) is 14.9 Å². The number of rotatable bonds is 6. The lowest BCUT2D eigenvalue weighted by atomic mass is 10.1. The van der Waals surface area contributed by atoms with Crippen LogP contribution in [0, 0.1) is 6.92 Å². The maximum atomic E-state index is 6.05. The monoisotopic (exact) mass is 297 g/mol. The number of aromatic nitrogens is 2. The van der Waals surface area contributed by atoms with Gasteiger partial charge >= 0.3 is 0 Å². The smallest absolute Gasteiger partial charge is 0.165 e. The van der Waals surface area contributed by atoms with Gasteiger partial charge in [0.25, 0.3) is 0 Å². The zero-order valence-corrected chi connectivity index (χ0v) is 12.1. The molecule has 2 aromatic rings. The number of nitrogens with two attached hydrogens (primary N) is 1. The lowest BCUT2D eigenvalue weighted by molar-refractivity contribution is 0.258. The fourth-order valence-corrected chi connectivity index (χ4v) is 2.03. The molecule has 1 aromatic carbocycles. The molecule has 0 saturated carbocycles. The van der Waals surface area contributed by atoms with Gasteiger partial charge in [0.2, 0.25) is 0 Å². The number of methoxy groups -OCH3 is 1. The first kappa shape index (κ1) is 14.6. The summed E-state index contributed by atoms with van der Waals surface area (Å²) in [4.78, 5) is 0. The van der Waals surface area contributed by atoms with E-state index in [1.165, 1.54) is 0 Å². The fraction of sp³-hybridized carbons (Fsp3) is 0.385. The maximum absolute atomic E-state index is 6.05. The number of nitrogens with zero attached hydrogens (tertiary/aromatic N) is 2. The van der Waals surface area contributed by atoms with Crippen molar-refractivity contribution in [2.75, 3.05) is 13.7 Å². The highest BCUT2D eigenvalue weighted by atomic mass is 35.5. The van der Waals surface area contributed by atoms with Gasteiger partial charge in [0.15, 0.2) is 11.5 Å². The van der Waals surface area contributed by atoms with Crippen molar-refractivity contribution in [2.45, 2.75) is 20.0 Å². The summed E-state index contributed by atoms with van der Waals surface area (Å²) in [7, 11) is 1.56. The highest BCUT2D eigenvalue weighted by molar-refractivity contribution is 6.30. The molecule has 1 heterocycles. The van der Waals surface area contributed by atoms with Crippen molar-refractivity contribution in [3.05, 3.63) is 34.1 Å². The summed E-state index contributed by atoms with van der Waals surface area (Å²) in [5.74, 6) is 1.18. The minimum absolute atomic E-state index is 0.241. The van der Waals surface area contributed by atoms with E-state index in [1.54, 1.807) is 20.1 Å². The topological polar surface area (TPSA) is 83.4 Å². The second kappa shape index (κ2) is 6.58. The van der Waals surface area contributed by atoms with Gasteiger partial charge in [-0.3, -0.25) is 0 Å². The van der Waals surface area contributed by atoms with E-state index < -0.39 is 0 Å². The van der Waals surface area contributed by atoms with Crippen molar-refractivity contribution in [3.63, 3.8) is 0 Å². The van der Waals surface area contributed by atoms with Crippen molar-refractivity contribution in [1.29, 1.82) is 0 Å². The Morgan fingerprint density at radius 2 is 2.15 bits per heavy atom. The zero-order valence-electron chi connectivity index (χ0n) is 11.4. The Morgan fingerprint density at radius 3 is 2.75 bits per heavy atom. The molecule has 0 bridgehead atoms. The average molecular weight is 298 g/mol. The molecule has 0 fully saturated rings. The quantitative estimate of drug-likeness (QED) is 0.879. The molecule has 0 aliphatic heterocycles. The number of halogens is 1. The van der Waals surface area contributed by atoms with Gasteiger partial charge in [0.1, 0.15) is 18.0 Å². The third-order valence-corrected chi connectivity index (χ3v) is 3.05. The van der Waals surface area contributed by atoms with Gasteiger partial charge in [-0.05, 0) is 26.0 Å². The first-order chi connectivity index (χ1) is 9.65. The van der Waals surface area contributed by atoms with Crippen LogP contribution < -0.4 is 15.2 Å². The van der Waals surface area contributed by atoms with Crippen LogP contribution in [0.5, 0.6) is 11.5 Å². The second-order valence-corrected chi connectivity index (χ2v) is 4.66. The molecule has 1 aromatic heterocycles. The fourth-order valence-electron chi connectivity index (χ4n) is 1.80. The van der Waals surface area contributed by atoms with Gasteiger partial charge < -0.3 is 15.2 Å². The Hall–Kier alpha value is -1.79. The third-order valence-electron chi connectivity index (χ3n) is 2.83. The van der Waals surface area contributed by atoms with Crippen LogP contribution in [-0.2, 0) is 13.0 Å². The zero-order chi connectivity index (χ0) is 14.5. The molecule has 0 atom stereocenters. The summed E-state index contributed by atoms with van der Waals surface area (Å²) >= 11 is 6.05. The van der Waals surface area contributed by atoms with E-state index in [0.717, 1.165) is 5.56 Å². The molecule has 2 rings (SSSR count). The lowest BCUT2D eigenvalue weighted by Crippen LogP contribution is -2.07. The molecule has 0 radical (unpaired) electrons. The van der Waals surface area contributed by atoms with Gasteiger partial charge in [0, 0.05) is 16.7 Å². The molecular formula is C13H16ClN3O3. The van der Waals surface area contributed by atoms with Gasteiger partial charge in [0.05, 0.1) is 7.11 Å². The lowest BCUT2D eigenvalue weighted by Gasteiger charge is -2.14. The van der Waals surface area contributed by atoms with Crippen molar-refractivity contribution >= 4 is 11.6 Å². The first-order valence-corrected chi connectivity index (χ1v) is 6.50. The molecular weight excluding hydrogens is 282 g/mol. The van der Waals surface area contributed by atoms with E-state index in [0.29, 0.717) is 40.9 Å². The minimum atomic E-state index is 0.241. The highest BCUT2D eigenvalue weighted by Crippen LogP contribution is 2.35. The van der Waals surface area contributed by atoms with Crippen molar-refractivity contribution in [3.8, 4) is 11.5 Å². The Labute approximate surface area is 121 Å². The van der Waals surface area contributed by atoms with Gasteiger partial charge in [-0.1, -0.05) is 21.9 Å². The second-order valence-electron chi connectivity index (χ2n) is 4.22. The minimum Gasteiger partial charge on any atom is -0.493 e. The van der Waals surface area contributed by atoms with Gasteiger partial charge in [-0.2, -0.15) is 0 Å². The molecule has 0 unspecified atom stereocenters. The molecule has 2 N–H and O–H groups in total. The Balaban J connectivity index is 2.26. The van der Waals surface area contributed by atoms with Crippen LogP contribution in [0.15, 0.2) is 16.8 Å². The van der Waals surface area contributed by atoms with Crippen LogP contribution in [0.3, 0.4) is 0 Å². The molecule has 0 saturated heterocycles. The standard InChI is InChI=1S/C13H16ClN3O3/c1-8-11(17-20-16-8)7-19-13-9(3-4-15)5-10(14)6-12(13)18-2/h5-6H,3-4,7,15H2,1-2H3. The number of aryl methyl sites for hydroxylation is 1. The molecule has 108 valence electrons. The SMILES string of the molecule is COc1cc(Cl)cc(CCN)c1OCc1nonc1C. The Kier molecular flexibility index (Phi) is 4.81. The number of benzene rings is 1. The molecule has 20 heavy (non-hydrogen) atoms. The van der Waals surface area contributed by atoms with Crippen LogP contribution in [0.4, 0.5) is 0 Å². The normalized spacial score (nSPS) is 10.6. The Bertz CT molecular complexity index is 586. The van der Waals surface area contributed by atoms with Crippen LogP contribution in [0.1, 0.15) is 17.0 Å². The van der Waals surface area contributed by atoms with E-state index in [9.17, 15) is 0 Å². The summed E-state index contributed by atoms with van der Waals surface area (Å²) in [6.07, 6.45) is 0.641. The summed E-state index contributed by atoms with van der Waals surface area (Å²) in [6.45, 7) is 2.53. The number of hydrogen-bond acceptors (Lipinski definition) is 6. The molecule has 0 aliphatic rings. The average Bonchev–Trinajstić information content (AvgIpc) is 2.83. The van der Waals surface area contributed by atoms with Crippen LogP contribution >= 0.6 is 11.6 Å². The van der Waals surface area contributed by atoms with Crippen LogP contribution in [0.2, 0.25) is 5.02 Å². The summed E-state index contributed by atoms with van der Waals surface area (Å²) in [5, 5.41) is 8.06. The Morgan fingerprint density at radius 1 is 1.35 bits per heavy atom. The predicted octanol–water partition coefficient (Wildman–Crippen LogP) is 2.12. The highest BCUT2D eigenvalue weighted by Gasteiger charge is 2.14. The molecule has 6 nitrogen and oxygen atoms in total. The predicted molar refractivity (Wildman–Crippen MR) is 74.1 cm³/mol. The van der Waals surface area contributed by atoms with Gasteiger partial charge in [-0.25, -0.2) is 4.63 Å². The van der Waals surface area contributed by atoms with Crippen LogP contribution in [0.25, 0.3) is 0 Å². The van der Waals surface area contributed by atoms with E-state index in [4.69, 9.17) is 26.8 Å². The van der Waals surface area contributed by atoms with Crippen LogP contribution in [-0.4, -0.2) is 24.0 Å². The number of ether oxygens (including phenoxy) is 2.